The normalized spacial score (nSPS) is 20.8. The van der Waals surface area contributed by atoms with Crippen LogP contribution in [0.5, 0.6) is 0 Å². The summed E-state index contributed by atoms with van der Waals surface area (Å²) < 4.78 is 0. The van der Waals surface area contributed by atoms with Gasteiger partial charge in [-0.3, -0.25) is 9.69 Å². The summed E-state index contributed by atoms with van der Waals surface area (Å²) in [6.45, 7) is 4.02. The summed E-state index contributed by atoms with van der Waals surface area (Å²) in [5, 5.41) is 4.62. The van der Waals surface area contributed by atoms with Crippen molar-refractivity contribution in [1.82, 2.24) is 14.9 Å². The molecule has 9 heteroatoms. The van der Waals surface area contributed by atoms with Crippen LogP contribution in [-0.2, 0) is 12.0 Å². The number of para-hydroxylation sites is 1. The van der Waals surface area contributed by atoms with Crippen molar-refractivity contribution < 1.29 is 4.79 Å². The molecule has 3 aromatic rings. The van der Waals surface area contributed by atoms with Crippen LogP contribution >= 0.6 is 35.0 Å². The fourth-order valence-corrected chi connectivity index (χ4v) is 6.77. The third-order valence-corrected chi connectivity index (χ3v) is 8.52. The quantitative estimate of drug-likeness (QED) is 0.428. The molecular weight excluding hydrogens is 489 g/mol. The number of nitrogens with zero attached hydrogens (tertiary/aromatic N) is 4. The lowest BCUT2D eigenvalue weighted by Crippen LogP contribution is -2.41. The number of aromatic nitrogens is 2. The van der Waals surface area contributed by atoms with Gasteiger partial charge in [0, 0.05) is 30.4 Å². The van der Waals surface area contributed by atoms with E-state index in [1.165, 1.54) is 35.7 Å². The minimum atomic E-state index is -0.228. The number of hydrogen-bond acceptors (Lipinski definition) is 6. The SMILES string of the molecule is CC1Sc2nc(Nc3ccc4c(c3)CN(C)CC43CC3)ncc2C(=O)N1c1c(Cl)cccc1Cl. The molecule has 3 heterocycles. The summed E-state index contributed by atoms with van der Waals surface area (Å²) in [5.41, 5.74) is 5.10. The first-order valence-corrected chi connectivity index (χ1v) is 12.9. The van der Waals surface area contributed by atoms with Crippen LogP contribution in [0, 0.1) is 0 Å². The number of amides is 1. The van der Waals surface area contributed by atoms with Crippen LogP contribution in [-0.4, -0.2) is 39.7 Å². The number of halogens is 2. The van der Waals surface area contributed by atoms with E-state index in [9.17, 15) is 4.79 Å². The van der Waals surface area contributed by atoms with E-state index in [0.717, 1.165) is 18.8 Å². The van der Waals surface area contributed by atoms with Gasteiger partial charge in [0.25, 0.3) is 5.91 Å². The first kappa shape index (κ1) is 22.2. The van der Waals surface area contributed by atoms with Crippen LogP contribution in [0.15, 0.2) is 47.6 Å². The van der Waals surface area contributed by atoms with Crippen molar-refractivity contribution in [1.29, 1.82) is 0 Å². The topological polar surface area (TPSA) is 61.4 Å². The maximum Gasteiger partial charge on any atom is 0.263 e. The first-order valence-electron chi connectivity index (χ1n) is 11.2. The molecule has 1 fully saturated rings. The third-order valence-electron chi connectivity index (χ3n) is 6.83. The highest BCUT2D eigenvalue weighted by Crippen LogP contribution is 2.52. The van der Waals surface area contributed by atoms with E-state index in [0.29, 0.717) is 37.7 Å². The minimum Gasteiger partial charge on any atom is -0.324 e. The molecule has 0 saturated heterocycles. The van der Waals surface area contributed by atoms with Crippen LogP contribution in [0.1, 0.15) is 41.3 Å². The highest BCUT2D eigenvalue weighted by atomic mass is 35.5. The fourth-order valence-electron chi connectivity index (χ4n) is 5.15. The molecule has 2 aromatic carbocycles. The molecule has 0 bridgehead atoms. The number of likely N-dealkylation sites (N-methyl/N-ethyl adjacent to an activating group) is 1. The summed E-state index contributed by atoms with van der Waals surface area (Å²) >= 11 is 14.3. The van der Waals surface area contributed by atoms with Crippen molar-refractivity contribution in [2.45, 2.75) is 42.1 Å². The Hall–Kier alpha value is -2.32. The van der Waals surface area contributed by atoms with Crippen LogP contribution in [0.25, 0.3) is 0 Å². The van der Waals surface area contributed by atoms with Crippen LogP contribution in [0.3, 0.4) is 0 Å². The molecule has 0 radical (unpaired) electrons. The number of benzene rings is 2. The van der Waals surface area contributed by atoms with Crippen molar-refractivity contribution in [3.05, 3.63) is 69.3 Å². The van der Waals surface area contributed by atoms with E-state index in [-0.39, 0.29) is 11.3 Å². The molecule has 2 aliphatic heterocycles. The number of anilines is 3. The second-order valence-electron chi connectivity index (χ2n) is 9.32. The smallest absolute Gasteiger partial charge is 0.263 e. The highest BCUT2D eigenvalue weighted by molar-refractivity contribution is 8.00. The van der Waals surface area contributed by atoms with Gasteiger partial charge in [0.2, 0.25) is 5.95 Å². The molecule has 6 nitrogen and oxygen atoms in total. The van der Waals surface area contributed by atoms with Crippen molar-refractivity contribution in [3.8, 4) is 0 Å². The van der Waals surface area contributed by atoms with Gasteiger partial charge in [-0.25, -0.2) is 9.97 Å². The van der Waals surface area contributed by atoms with E-state index in [1.54, 1.807) is 29.3 Å². The Bertz CT molecular complexity index is 1310. The zero-order valence-corrected chi connectivity index (χ0v) is 21.1. The van der Waals surface area contributed by atoms with E-state index >= 15 is 0 Å². The number of carbonyl (C=O) groups is 1. The Morgan fingerprint density at radius 1 is 1.18 bits per heavy atom. The van der Waals surface area contributed by atoms with Crippen molar-refractivity contribution in [3.63, 3.8) is 0 Å². The lowest BCUT2D eigenvalue weighted by Gasteiger charge is -2.34. The molecule has 6 rings (SSSR count). The molecule has 34 heavy (non-hydrogen) atoms. The Kier molecular flexibility index (Phi) is 5.30. The second-order valence-corrected chi connectivity index (χ2v) is 11.4. The predicted octanol–water partition coefficient (Wildman–Crippen LogP) is 6.10. The first-order chi connectivity index (χ1) is 16.3. The molecular formula is C25H23Cl2N5OS. The average Bonchev–Trinajstić information content (AvgIpc) is 3.54. The van der Waals surface area contributed by atoms with Crippen molar-refractivity contribution >= 4 is 58.2 Å². The number of rotatable bonds is 3. The zero-order valence-electron chi connectivity index (χ0n) is 18.8. The number of thioether (sulfide) groups is 1. The standard InChI is InChI=1S/C25H23Cl2N5OS/c1-14-32(21-19(26)4-3-5-20(21)27)23(33)17-11-28-24(30-22(17)34-14)29-16-6-7-18-15(10-16)12-31(2)13-25(18)8-9-25/h3-7,10-11,14H,8-9,12-13H2,1-2H3,(H,28,29,30). The average molecular weight is 512 g/mol. The van der Waals surface area contributed by atoms with Gasteiger partial charge in [0.1, 0.15) is 5.03 Å². The van der Waals surface area contributed by atoms with Gasteiger partial charge in [-0.05, 0) is 62.2 Å². The zero-order chi connectivity index (χ0) is 23.6. The summed E-state index contributed by atoms with van der Waals surface area (Å²) in [4.78, 5) is 26.5. The highest BCUT2D eigenvalue weighted by Gasteiger charge is 2.48. The summed E-state index contributed by atoms with van der Waals surface area (Å²) in [7, 11) is 2.18. The fraction of sp³-hybridized carbons (Fsp3) is 0.320. The summed E-state index contributed by atoms with van der Waals surface area (Å²) in [5.74, 6) is 0.259. The van der Waals surface area contributed by atoms with E-state index in [4.69, 9.17) is 23.2 Å². The molecule has 1 aliphatic carbocycles. The van der Waals surface area contributed by atoms with Crippen LogP contribution in [0.4, 0.5) is 17.3 Å². The lowest BCUT2D eigenvalue weighted by atomic mass is 9.87. The van der Waals surface area contributed by atoms with Crippen LogP contribution in [0.2, 0.25) is 10.0 Å². The van der Waals surface area contributed by atoms with Gasteiger partial charge in [-0.2, -0.15) is 0 Å². The Morgan fingerprint density at radius 3 is 2.68 bits per heavy atom. The van der Waals surface area contributed by atoms with E-state index in [2.05, 4.69) is 45.4 Å². The maximum atomic E-state index is 13.3. The molecule has 3 aliphatic rings. The van der Waals surface area contributed by atoms with E-state index < -0.39 is 0 Å². The molecule has 174 valence electrons. The van der Waals surface area contributed by atoms with Gasteiger partial charge in [0.05, 0.1) is 26.7 Å². The number of carbonyl (C=O) groups excluding carboxylic acids is 1. The molecule has 1 amide bonds. The Labute approximate surface area is 212 Å². The second kappa shape index (κ2) is 8.12. The van der Waals surface area contributed by atoms with Gasteiger partial charge in [-0.1, -0.05) is 47.1 Å². The molecule has 1 N–H and O–H groups in total. The Balaban J connectivity index is 1.28. The van der Waals surface area contributed by atoms with Gasteiger partial charge >= 0.3 is 0 Å². The summed E-state index contributed by atoms with van der Waals surface area (Å²) in [6, 6.07) is 11.8. The van der Waals surface area contributed by atoms with Crippen molar-refractivity contribution in [2.75, 3.05) is 23.8 Å². The molecule has 1 saturated carbocycles. The predicted molar refractivity (Wildman–Crippen MR) is 138 cm³/mol. The lowest BCUT2D eigenvalue weighted by molar-refractivity contribution is 0.0979. The Morgan fingerprint density at radius 2 is 1.94 bits per heavy atom. The minimum absolute atomic E-state index is 0.214. The van der Waals surface area contributed by atoms with Crippen LogP contribution < -0.4 is 10.2 Å². The van der Waals surface area contributed by atoms with Crippen molar-refractivity contribution in [2.24, 2.45) is 0 Å². The molecule has 1 atom stereocenters. The van der Waals surface area contributed by atoms with Gasteiger partial charge in [0.15, 0.2) is 0 Å². The maximum absolute atomic E-state index is 13.3. The van der Waals surface area contributed by atoms with E-state index in [1.807, 2.05) is 6.92 Å². The molecule has 1 aromatic heterocycles. The molecule has 1 spiro atoms. The van der Waals surface area contributed by atoms with Gasteiger partial charge in [-0.15, -0.1) is 0 Å². The number of fused-ring (bicyclic) bond motifs is 3. The largest absolute Gasteiger partial charge is 0.324 e. The monoisotopic (exact) mass is 511 g/mol. The number of hydrogen-bond donors (Lipinski definition) is 1. The summed E-state index contributed by atoms with van der Waals surface area (Å²) in [6.07, 6.45) is 4.12. The number of nitrogens with one attached hydrogen (secondary N) is 1. The van der Waals surface area contributed by atoms with Gasteiger partial charge < -0.3 is 10.2 Å². The third kappa shape index (κ3) is 3.66. The molecule has 1 unspecified atom stereocenters.